The van der Waals surface area contributed by atoms with Gasteiger partial charge in [0.25, 0.3) is 0 Å². The van der Waals surface area contributed by atoms with Crippen LogP contribution in [-0.2, 0) is 0 Å². The van der Waals surface area contributed by atoms with Gasteiger partial charge in [-0.1, -0.05) is 0 Å². The molecule has 0 amide bonds. The van der Waals surface area contributed by atoms with E-state index in [2.05, 4.69) is 11.9 Å². The van der Waals surface area contributed by atoms with Crippen LogP contribution in [0.25, 0.3) is 0 Å². The van der Waals surface area contributed by atoms with Gasteiger partial charge in [-0.2, -0.15) is 0 Å². The fourth-order valence-corrected chi connectivity index (χ4v) is 0.407. The number of aromatic amines is 1. The van der Waals surface area contributed by atoms with Crippen LogP contribution in [0.4, 0.5) is 4.70 Å². The number of H-pyrrole nitrogens is 1. The second-order valence-electron chi connectivity index (χ2n) is 1.39. The van der Waals surface area contributed by atoms with E-state index in [1.54, 1.807) is 0 Å². The minimum Gasteiger partial charge on any atom is -0.367 e. The molecule has 0 saturated carbocycles. The Hall–Kier alpha value is -0.790. The number of nitrogens with one attached hydrogen (secondary N) is 1. The summed E-state index contributed by atoms with van der Waals surface area (Å²) in [6.07, 6.45) is 3.87. The Balaban J connectivity index is 0.000000360. The third kappa shape index (κ3) is 1.39. The molecule has 0 aliphatic rings. The maximum absolute atomic E-state index is 2.93. The van der Waals surface area contributed by atoms with Crippen LogP contribution in [0.5, 0.6) is 0 Å². The van der Waals surface area contributed by atoms with E-state index < -0.39 is 0 Å². The molecule has 0 aliphatic carbocycles. The number of rotatable bonds is 0. The number of hydrogen-bond acceptors (Lipinski definition) is 0. The minimum atomic E-state index is 0. The molecule has 0 fully saturated rings. The zero-order valence-corrected chi connectivity index (χ0v) is 4.14. The van der Waals surface area contributed by atoms with Crippen LogP contribution >= 0.6 is 0 Å². The fourth-order valence-electron chi connectivity index (χ4n) is 0.407. The molecule has 1 heterocycles. The molecule has 0 saturated heterocycles. The van der Waals surface area contributed by atoms with Crippen LogP contribution in [0, 0.1) is 6.92 Å². The lowest BCUT2D eigenvalue weighted by Gasteiger charge is -1.65. The van der Waals surface area contributed by atoms with Gasteiger partial charge in [0.05, 0.1) is 0 Å². The van der Waals surface area contributed by atoms with Crippen LogP contribution in [0.2, 0.25) is 0 Å². The van der Waals surface area contributed by atoms with Crippen molar-refractivity contribution in [2.45, 2.75) is 6.92 Å². The van der Waals surface area contributed by atoms with Gasteiger partial charge in [0.2, 0.25) is 0 Å². The van der Waals surface area contributed by atoms with Crippen molar-refractivity contribution in [3.8, 4) is 0 Å². The number of aromatic nitrogens is 1. The van der Waals surface area contributed by atoms with Gasteiger partial charge in [0.1, 0.15) is 0 Å². The van der Waals surface area contributed by atoms with Crippen molar-refractivity contribution in [2.75, 3.05) is 0 Å². The van der Waals surface area contributed by atoms with Gasteiger partial charge in [0, 0.05) is 12.4 Å². The quantitative estimate of drug-likeness (QED) is 0.509. The van der Waals surface area contributed by atoms with Crippen molar-refractivity contribution < 1.29 is 4.70 Å². The number of hydrogen-bond donors (Lipinski definition) is 1. The van der Waals surface area contributed by atoms with Crippen molar-refractivity contribution in [1.82, 2.24) is 4.98 Å². The first-order valence-corrected chi connectivity index (χ1v) is 1.99. The summed E-state index contributed by atoms with van der Waals surface area (Å²) in [6, 6.07) is 2.03. The van der Waals surface area contributed by atoms with Crippen LogP contribution in [-0.4, -0.2) is 4.98 Å². The highest BCUT2D eigenvalue weighted by Gasteiger charge is 1.73. The maximum atomic E-state index is 2.93. The van der Waals surface area contributed by atoms with Crippen LogP contribution in [0.1, 0.15) is 5.56 Å². The Labute approximate surface area is 41.7 Å². The molecule has 0 bridgehead atoms. The van der Waals surface area contributed by atoms with E-state index in [9.17, 15) is 0 Å². The Kier molecular flexibility index (Phi) is 2.12. The van der Waals surface area contributed by atoms with E-state index in [-0.39, 0.29) is 4.70 Å². The molecule has 0 unspecified atom stereocenters. The summed E-state index contributed by atoms with van der Waals surface area (Å²) in [4.78, 5) is 2.93. The second-order valence-corrected chi connectivity index (χ2v) is 1.39. The van der Waals surface area contributed by atoms with Gasteiger partial charge in [0.15, 0.2) is 0 Å². The lowest BCUT2D eigenvalue weighted by Crippen LogP contribution is -1.50. The van der Waals surface area contributed by atoms with Crippen molar-refractivity contribution in [3.63, 3.8) is 0 Å². The molecule has 1 nitrogen and oxygen atoms in total. The third-order valence-corrected chi connectivity index (χ3v) is 0.753. The summed E-state index contributed by atoms with van der Waals surface area (Å²) >= 11 is 0. The average molecular weight is 101 g/mol. The normalized spacial score (nSPS) is 7.57. The highest BCUT2D eigenvalue weighted by Crippen LogP contribution is 1.88. The van der Waals surface area contributed by atoms with Crippen molar-refractivity contribution >= 4 is 0 Å². The molecule has 0 spiro atoms. The monoisotopic (exact) mass is 101 g/mol. The smallest absolute Gasteiger partial charge is 0.00345 e. The maximum Gasteiger partial charge on any atom is 0.00345 e. The van der Waals surface area contributed by atoms with Crippen molar-refractivity contribution in [2.24, 2.45) is 0 Å². The molecule has 1 N–H and O–H groups in total. The van der Waals surface area contributed by atoms with Crippen LogP contribution in [0.3, 0.4) is 0 Å². The Bertz CT molecular complexity index is 112. The number of halogens is 1. The first kappa shape index (κ1) is 6.21. The van der Waals surface area contributed by atoms with Crippen LogP contribution in [0.15, 0.2) is 18.5 Å². The van der Waals surface area contributed by atoms with E-state index >= 15 is 0 Å². The molecule has 0 aliphatic heterocycles. The predicted octanol–water partition coefficient (Wildman–Crippen LogP) is 1.48. The average Bonchev–Trinajstić information content (AvgIpc) is 1.86. The zero-order valence-electron chi connectivity index (χ0n) is 4.14. The molecular formula is C5H8FN. The van der Waals surface area contributed by atoms with Crippen LogP contribution < -0.4 is 0 Å². The summed E-state index contributed by atoms with van der Waals surface area (Å²) in [5, 5.41) is 0. The van der Waals surface area contributed by atoms with Crippen molar-refractivity contribution in [3.05, 3.63) is 24.0 Å². The largest absolute Gasteiger partial charge is 0.367 e. The van der Waals surface area contributed by atoms with E-state index in [1.165, 1.54) is 5.56 Å². The number of aryl methyl sites for hydroxylation is 1. The fraction of sp³-hybridized carbons (Fsp3) is 0.200. The Morgan fingerprint density at radius 2 is 2.29 bits per heavy atom. The SMILES string of the molecule is Cc1cc[nH]c1.F. The summed E-state index contributed by atoms with van der Waals surface area (Å²) in [7, 11) is 0. The highest BCUT2D eigenvalue weighted by molar-refractivity contribution is 5.03. The van der Waals surface area contributed by atoms with E-state index in [4.69, 9.17) is 0 Å². The molecule has 1 aromatic rings. The second kappa shape index (κ2) is 2.39. The summed E-state index contributed by atoms with van der Waals surface area (Å²) in [5.74, 6) is 0. The lowest BCUT2D eigenvalue weighted by molar-refractivity contribution is 1.11. The predicted molar refractivity (Wildman–Crippen MR) is 28.0 cm³/mol. The molecule has 40 valence electrons. The molecule has 0 radical (unpaired) electrons. The molecular weight excluding hydrogens is 93.1 g/mol. The lowest BCUT2D eigenvalue weighted by atomic mass is 10.4. The summed E-state index contributed by atoms with van der Waals surface area (Å²) < 4.78 is 0. The topological polar surface area (TPSA) is 15.8 Å². The van der Waals surface area contributed by atoms with Gasteiger partial charge in [-0.25, -0.2) is 0 Å². The summed E-state index contributed by atoms with van der Waals surface area (Å²) in [5.41, 5.74) is 1.29. The first-order chi connectivity index (χ1) is 2.89. The van der Waals surface area contributed by atoms with Gasteiger partial charge >= 0.3 is 0 Å². The van der Waals surface area contributed by atoms with Gasteiger partial charge in [-0.3, -0.25) is 4.70 Å². The van der Waals surface area contributed by atoms with Gasteiger partial charge < -0.3 is 4.98 Å². The van der Waals surface area contributed by atoms with E-state index in [0.29, 0.717) is 0 Å². The highest BCUT2D eigenvalue weighted by atomic mass is 19.0. The molecule has 0 atom stereocenters. The Morgan fingerprint density at radius 1 is 1.57 bits per heavy atom. The Morgan fingerprint density at radius 3 is 2.43 bits per heavy atom. The van der Waals surface area contributed by atoms with E-state index in [0.717, 1.165) is 0 Å². The molecule has 1 rings (SSSR count). The third-order valence-electron chi connectivity index (χ3n) is 0.753. The van der Waals surface area contributed by atoms with Gasteiger partial charge in [-0.05, 0) is 18.6 Å². The molecule has 7 heavy (non-hydrogen) atoms. The standard InChI is InChI=1S/C5H7N.FH/c1-5-2-3-6-4-5;/h2-4,6H,1H3;1H. The summed E-state index contributed by atoms with van der Waals surface area (Å²) in [6.45, 7) is 2.05. The molecule has 0 aromatic carbocycles. The first-order valence-electron chi connectivity index (χ1n) is 1.99. The molecule has 2 heteroatoms. The zero-order chi connectivity index (χ0) is 4.41. The minimum absolute atomic E-state index is 0. The van der Waals surface area contributed by atoms with E-state index in [1.807, 2.05) is 18.5 Å². The van der Waals surface area contributed by atoms with Gasteiger partial charge in [-0.15, -0.1) is 0 Å². The molecule has 1 aromatic heterocycles. The van der Waals surface area contributed by atoms with Crippen molar-refractivity contribution in [1.29, 1.82) is 0 Å².